The number of hydrogen-bond donors (Lipinski definition) is 9. The lowest BCUT2D eigenvalue weighted by Gasteiger charge is -2.42. The van der Waals surface area contributed by atoms with Crippen molar-refractivity contribution in [2.24, 2.45) is 0 Å². The minimum Gasteiger partial charge on any atom is -0.394 e. The summed E-state index contributed by atoms with van der Waals surface area (Å²) < 4.78 is 10.7. The quantitative estimate of drug-likeness (QED) is 0.154. The highest BCUT2D eigenvalue weighted by molar-refractivity contribution is 5.73. The Labute approximate surface area is 184 Å². The molecular formula is C19H31N3O10. The van der Waals surface area contributed by atoms with Crippen molar-refractivity contribution in [2.45, 2.75) is 62.0 Å². The van der Waals surface area contributed by atoms with Gasteiger partial charge in [0.1, 0.15) is 48.5 Å². The third-order valence-electron chi connectivity index (χ3n) is 5.01. The first-order chi connectivity index (χ1) is 15.2. The fraction of sp³-hybridized carbons (Fsp3) is 0.684. The lowest BCUT2D eigenvalue weighted by molar-refractivity contribution is -0.325. The number of nitrogens with one attached hydrogen (secondary N) is 2. The summed E-state index contributed by atoms with van der Waals surface area (Å²) in [6.07, 6.45) is -11.5. The summed E-state index contributed by atoms with van der Waals surface area (Å²) in [6, 6.07) is 4.03. The minimum absolute atomic E-state index is 0.0511. The Balaban J connectivity index is 2.19. The maximum atomic E-state index is 11.7. The molecule has 2 rings (SSSR count). The zero-order chi connectivity index (χ0) is 23.8. The molecule has 1 aromatic rings. The van der Waals surface area contributed by atoms with Gasteiger partial charge in [0.2, 0.25) is 5.91 Å². The van der Waals surface area contributed by atoms with Gasteiger partial charge in [0.15, 0.2) is 6.29 Å². The Morgan fingerprint density at radius 2 is 1.91 bits per heavy atom. The van der Waals surface area contributed by atoms with Crippen LogP contribution in [0.25, 0.3) is 0 Å². The van der Waals surface area contributed by atoms with Gasteiger partial charge in [0.05, 0.1) is 19.3 Å². The summed E-state index contributed by atoms with van der Waals surface area (Å²) in [5.74, 6) is -0.0499. The molecule has 1 aliphatic heterocycles. The van der Waals surface area contributed by atoms with E-state index in [9.17, 15) is 40.5 Å². The topological polar surface area (TPSA) is 214 Å². The number of aliphatic hydroxyl groups is 7. The largest absolute Gasteiger partial charge is 0.394 e. The first kappa shape index (κ1) is 26.3. The SMILES string of the molecule is CC(=O)N[C@@H](CNc1ccccn1)[C@@H](O)[C@H](O[C@@H]1O[C@H](CO)[C@H](O)[C@H](O)[C@H]1O)[C@H](O)CO. The molecule has 1 aliphatic rings. The fourth-order valence-electron chi connectivity index (χ4n) is 3.27. The third kappa shape index (κ3) is 6.78. The second-order valence-electron chi connectivity index (χ2n) is 7.44. The van der Waals surface area contributed by atoms with Crippen LogP contribution in [0.15, 0.2) is 24.4 Å². The van der Waals surface area contributed by atoms with Crippen molar-refractivity contribution in [3.63, 3.8) is 0 Å². The Morgan fingerprint density at radius 1 is 1.19 bits per heavy atom. The molecule has 1 fully saturated rings. The summed E-state index contributed by atoms with van der Waals surface area (Å²) in [7, 11) is 0. The van der Waals surface area contributed by atoms with E-state index < -0.39 is 74.2 Å². The molecule has 13 heteroatoms. The van der Waals surface area contributed by atoms with Crippen LogP contribution in [0.1, 0.15) is 6.92 Å². The molecule has 0 radical (unpaired) electrons. The highest BCUT2D eigenvalue weighted by Gasteiger charge is 2.47. The second-order valence-corrected chi connectivity index (χ2v) is 7.44. The first-order valence-corrected chi connectivity index (χ1v) is 10.0. The molecule has 9 atom stereocenters. The summed E-state index contributed by atoms with van der Waals surface area (Å²) in [5, 5.41) is 75.3. The Morgan fingerprint density at radius 3 is 2.47 bits per heavy atom. The number of carbonyl (C=O) groups is 1. The number of amides is 1. The number of anilines is 1. The van der Waals surface area contributed by atoms with Crippen molar-refractivity contribution in [3.05, 3.63) is 24.4 Å². The maximum absolute atomic E-state index is 11.7. The molecule has 0 saturated carbocycles. The van der Waals surface area contributed by atoms with Crippen LogP contribution in [-0.4, -0.2) is 121 Å². The molecule has 0 aromatic carbocycles. The molecule has 9 N–H and O–H groups in total. The van der Waals surface area contributed by atoms with Crippen LogP contribution in [0.3, 0.4) is 0 Å². The lowest BCUT2D eigenvalue weighted by Crippen LogP contribution is -2.62. The van der Waals surface area contributed by atoms with E-state index in [1.165, 1.54) is 13.1 Å². The van der Waals surface area contributed by atoms with Gasteiger partial charge in [-0.3, -0.25) is 4.79 Å². The van der Waals surface area contributed by atoms with Crippen LogP contribution in [-0.2, 0) is 14.3 Å². The van der Waals surface area contributed by atoms with E-state index in [0.29, 0.717) is 5.82 Å². The zero-order valence-corrected chi connectivity index (χ0v) is 17.4. The summed E-state index contributed by atoms with van der Waals surface area (Å²) in [4.78, 5) is 15.7. The first-order valence-electron chi connectivity index (χ1n) is 10.0. The molecule has 0 unspecified atom stereocenters. The monoisotopic (exact) mass is 461 g/mol. The van der Waals surface area contributed by atoms with Gasteiger partial charge in [-0.25, -0.2) is 4.98 Å². The van der Waals surface area contributed by atoms with Crippen LogP contribution in [0.2, 0.25) is 0 Å². The highest BCUT2D eigenvalue weighted by atomic mass is 16.7. The van der Waals surface area contributed by atoms with Crippen molar-refractivity contribution in [2.75, 3.05) is 25.1 Å². The van der Waals surface area contributed by atoms with E-state index >= 15 is 0 Å². The number of aliphatic hydroxyl groups excluding tert-OH is 7. The zero-order valence-electron chi connectivity index (χ0n) is 17.4. The van der Waals surface area contributed by atoms with Crippen molar-refractivity contribution in [1.82, 2.24) is 10.3 Å². The average molecular weight is 461 g/mol. The van der Waals surface area contributed by atoms with Gasteiger partial charge < -0.3 is 55.9 Å². The van der Waals surface area contributed by atoms with E-state index in [1.54, 1.807) is 18.2 Å². The predicted molar refractivity (Wildman–Crippen MR) is 108 cm³/mol. The van der Waals surface area contributed by atoms with Crippen LogP contribution < -0.4 is 10.6 Å². The van der Waals surface area contributed by atoms with Crippen LogP contribution in [0, 0.1) is 0 Å². The third-order valence-corrected chi connectivity index (χ3v) is 5.01. The molecular weight excluding hydrogens is 430 g/mol. The molecule has 0 spiro atoms. The summed E-state index contributed by atoms with van der Waals surface area (Å²) in [5.41, 5.74) is 0. The Bertz CT molecular complexity index is 697. The number of carbonyl (C=O) groups excluding carboxylic acids is 1. The van der Waals surface area contributed by atoms with Crippen molar-refractivity contribution in [1.29, 1.82) is 0 Å². The lowest BCUT2D eigenvalue weighted by atomic mass is 9.97. The molecule has 1 aromatic heterocycles. The number of pyridine rings is 1. The van der Waals surface area contributed by atoms with Crippen LogP contribution in [0.5, 0.6) is 0 Å². The Hall–Kier alpha value is -1.94. The smallest absolute Gasteiger partial charge is 0.217 e. The van der Waals surface area contributed by atoms with E-state index in [4.69, 9.17) is 9.47 Å². The standard InChI is InChI=1S/C19H31N3O10/c1-9(25)22-10(6-21-13-4-2-3-5-20-13)14(27)18(11(26)7-23)32-19-17(30)16(29)15(28)12(8-24)31-19/h2-5,10-12,14-19,23-24,26-30H,6-8H2,1H3,(H,20,21)(H,22,25)/t10-,11+,12+,14+,15-,16-,17+,18+,19-/m0/s1. The molecule has 1 saturated heterocycles. The molecule has 32 heavy (non-hydrogen) atoms. The fourth-order valence-corrected chi connectivity index (χ4v) is 3.27. The van der Waals surface area contributed by atoms with E-state index in [-0.39, 0.29) is 6.54 Å². The van der Waals surface area contributed by atoms with Crippen molar-refractivity contribution < 1.29 is 50.0 Å². The van der Waals surface area contributed by atoms with Gasteiger partial charge in [0, 0.05) is 19.7 Å². The highest BCUT2D eigenvalue weighted by Crippen LogP contribution is 2.25. The molecule has 182 valence electrons. The Kier molecular flexibility index (Phi) is 10.1. The molecule has 1 amide bonds. The normalized spacial score (nSPS) is 29.6. The van der Waals surface area contributed by atoms with Crippen LogP contribution >= 0.6 is 0 Å². The molecule has 0 bridgehead atoms. The van der Waals surface area contributed by atoms with Gasteiger partial charge in [-0.05, 0) is 12.1 Å². The summed E-state index contributed by atoms with van der Waals surface area (Å²) >= 11 is 0. The minimum atomic E-state index is -1.79. The second kappa shape index (κ2) is 12.3. The van der Waals surface area contributed by atoms with E-state index in [2.05, 4.69) is 15.6 Å². The van der Waals surface area contributed by atoms with Gasteiger partial charge in [0.25, 0.3) is 0 Å². The number of aromatic nitrogens is 1. The average Bonchev–Trinajstić information content (AvgIpc) is 2.79. The molecule has 2 heterocycles. The van der Waals surface area contributed by atoms with E-state index in [0.717, 1.165) is 0 Å². The predicted octanol–water partition coefficient (Wildman–Crippen LogP) is -4.10. The molecule has 0 aliphatic carbocycles. The van der Waals surface area contributed by atoms with Gasteiger partial charge in [-0.2, -0.15) is 0 Å². The van der Waals surface area contributed by atoms with Crippen molar-refractivity contribution >= 4 is 11.7 Å². The number of rotatable bonds is 11. The van der Waals surface area contributed by atoms with Crippen LogP contribution in [0.4, 0.5) is 5.82 Å². The van der Waals surface area contributed by atoms with Gasteiger partial charge in [-0.1, -0.05) is 6.07 Å². The molecule has 13 nitrogen and oxygen atoms in total. The number of ether oxygens (including phenoxy) is 2. The van der Waals surface area contributed by atoms with Gasteiger partial charge >= 0.3 is 0 Å². The number of hydrogen-bond acceptors (Lipinski definition) is 12. The summed E-state index contributed by atoms with van der Waals surface area (Å²) in [6.45, 7) is -0.385. The van der Waals surface area contributed by atoms with Gasteiger partial charge in [-0.15, -0.1) is 0 Å². The maximum Gasteiger partial charge on any atom is 0.217 e. The number of nitrogens with zero attached hydrogens (tertiary/aromatic N) is 1. The van der Waals surface area contributed by atoms with Crippen molar-refractivity contribution in [3.8, 4) is 0 Å². The van der Waals surface area contributed by atoms with E-state index in [1.807, 2.05) is 0 Å².